The normalized spacial score (nSPS) is 11.4. The molecule has 0 aliphatic carbocycles. The predicted molar refractivity (Wildman–Crippen MR) is 118 cm³/mol. The number of hydrogen-bond donors (Lipinski definition) is 1. The second-order valence-electron chi connectivity index (χ2n) is 7.51. The molecule has 0 atom stereocenters. The van der Waals surface area contributed by atoms with Gasteiger partial charge >= 0.3 is 6.18 Å². The van der Waals surface area contributed by atoms with Crippen LogP contribution < -0.4 is 5.32 Å². The van der Waals surface area contributed by atoms with Crippen LogP contribution >= 0.6 is 0 Å². The lowest BCUT2D eigenvalue weighted by Crippen LogP contribution is -2.14. The Hall–Kier alpha value is -3.87. The van der Waals surface area contributed by atoms with Crippen LogP contribution in [0.15, 0.2) is 78.9 Å². The molecule has 0 saturated heterocycles. The molecule has 0 radical (unpaired) electrons. The van der Waals surface area contributed by atoms with Crippen molar-refractivity contribution in [2.24, 2.45) is 0 Å². The number of para-hydroxylation sites is 1. The molecule has 32 heavy (non-hydrogen) atoms. The molecule has 0 bridgehead atoms. The number of aryl methyl sites for hydroxylation is 2. The zero-order valence-corrected chi connectivity index (χ0v) is 17.4. The minimum atomic E-state index is -4.49. The van der Waals surface area contributed by atoms with Crippen LogP contribution in [-0.4, -0.2) is 15.7 Å². The van der Waals surface area contributed by atoms with Crippen LogP contribution in [0.5, 0.6) is 0 Å². The van der Waals surface area contributed by atoms with E-state index in [1.165, 1.54) is 12.1 Å². The lowest BCUT2D eigenvalue weighted by molar-refractivity contribution is -0.137. The van der Waals surface area contributed by atoms with Crippen LogP contribution in [0.2, 0.25) is 0 Å². The molecule has 7 heteroatoms. The summed E-state index contributed by atoms with van der Waals surface area (Å²) in [4.78, 5) is 12.9. The van der Waals surface area contributed by atoms with Crippen LogP contribution in [0.1, 0.15) is 27.2 Å². The molecule has 0 aliphatic heterocycles. The third-order valence-electron chi connectivity index (χ3n) is 5.08. The first-order valence-electron chi connectivity index (χ1n) is 9.94. The molecule has 0 saturated carbocycles. The van der Waals surface area contributed by atoms with E-state index >= 15 is 0 Å². The minimum Gasteiger partial charge on any atom is -0.321 e. The molecule has 1 aromatic heterocycles. The van der Waals surface area contributed by atoms with Gasteiger partial charge in [-0.1, -0.05) is 54.1 Å². The summed E-state index contributed by atoms with van der Waals surface area (Å²) < 4.78 is 40.7. The minimum absolute atomic E-state index is 0.0483. The van der Waals surface area contributed by atoms with Crippen molar-refractivity contribution in [1.82, 2.24) is 9.78 Å². The number of hydrogen-bond acceptors (Lipinski definition) is 2. The third-order valence-corrected chi connectivity index (χ3v) is 5.08. The van der Waals surface area contributed by atoms with Gasteiger partial charge in [-0.05, 0) is 49.7 Å². The van der Waals surface area contributed by atoms with E-state index in [9.17, 15) is 18.0 Å². The van der Waals surface area contributed by atoms with E-state index in [0.717, 1.165) is 34.5 Å². The number of benzene rings is 3. The van der Waals surface area contributed by atoms with Crippen molar-refractivity contribution < 1.29 is 18.0 Å². The zero-order valence-electron chi connectivity index (χ0n) is 17.4. The Balaban J connectivity index is 1.74. The number of alkyl halides is 3. The van der Waals surface area contributed by atoms with Gasteiger partial charge in [-0.3, -0.25) is 4.79 Å². The van der Waals surface area contributed by atoms with Gasteiger partial charge in [0.25, 0.3) is 5.91 Å². The van der Waals surface area contributed by atoms with Crippen LogP contribution in [0, 0.1) is 13.8 Å². The van der Waals surface area contributed by atoms with Gasteiger partial charge in [-0.25, -0.2) is 4.68 Å². The maximum Gasteiger partial charge on any atom is 0.416 e. The van der Waals surface area contributed by atoms with Crippen molar-refractivity contribution >= 4 is 11.6 Å². The number of nitrogens with zero attached hydrogens (tertiary/aromatic N) is 2. The van der Waals surface area contributed by atoms with E-state index in [-0.39, 0.29) is 11.4 Å². The predicted octanol–water partition coefficient (Wildman–Crippen LogP) is 6.43. The highest BCUT2D eigenvalue weighted by molar-refractivity contribution is 6.03. The Morgan fingerprint density at radius 3 is 2.31 bits per heavy atom. The summed E-state index contributed by atoms with van der Waals surface area (Å²) >= 11 is 0. The molecule has 1 heterocycles. The molecule has 0 spiro atoms. The highest BCUT2D eigenvalue weighted by Gasteiger charge is 2.30. The Morgan fingerprint density at radius 1 is 0.906 bits per heavy atom. The summed E-state index contributed by atoms with van der Waals surface area (Å²) in [6.07, 6.45) is -4.49. The van der Waals surface area contributed by atoms with Crippen molar-refractivity contribution in [2.75, 3.05) is 5.32 Å². The first-order valence-corrected chi connectivity index (χ1v) is 9.94. The average Bonchev–Trinajstić information content (AvgIpc) is 3.19. The SMILES string of the molecule is Cc1ccc(-c2cc(C(=O)Nc3cccc(C(F)(F)F)c3)nn2-c2ccccc2C)cc1. The Labute approximate surface area is 183 Å². The lowest BCUT2D eigenvalue weighted by Gasteiger charge is -2.10. The van der Waals surface area contributed by atoms with E-state index in [2.05, 4.69) is 10.4 Å². The number of amides is 1. The number of anilines is 1. The van der Waals surface area contributed by atoms with Gasteiger partial charge in [0, 0.05) is 11.3 Å². The highest BCUT2D eigenvalue weighted by Crippen LogP contribution is 2.31. The molecule has 1 amide bonds. The van der Waals surface area contributed by atoms with Crippen molar-refractivity contribution in [3.05, 3.63) is 101 Å². The molecule has 0 aliphatic rings. The molecule has 0 fully saturated rings. The summed E-state index contributed by atoms with van der Waals surface area (Å²) in [5, 5.41) is 7.01. The van der Waals surface area contributed by atoms with Crippen LogP contribution in [-0.2, 0) is 6.18 Å². The molecule has 0 unspecified atom stereocenters. The van der Waals surface area contributed by atoms with Crippen molar-refractivity contribution in [3.8, 4) is 16.9 Å². The topological polar surface area (TPSA) is 46.9 Å². The Bertz CT molecular complexity index is 1270. The molecule has 4 rings (SSSR count). The fraction of sp³-hybridized carbons (Fsp3) is 0.120. The first kappa shape index (κ1) is 21.4. The van der Waals surface area contributed by atoms with Gasteiger partial charge in [-0.2, -0.15) is 18.3 Å². The van der Waals surface area contributed by atoms with Crippen molar-refractivity contribution in [3.63, 3.8) is 0 Å². The van der Waals surface area contributed by atoms with E-state index in [1.807, 2.05) is 62.4 Å². The van der Waals surface area contributed by atoms with Crippen molar-refractivity contribution in [2.45, 2.75) is 20.0 Å². The van der Waals surface area contributed by atoms with Crippen LogP contribution in [0.4, 0.5) is 18.9 Å². The Kier molecular flexibility index (Phi) is 5.57. The number of carbonyl (C=O) groups is 1. The summed E-state index contributed by atoms with van der Waals surface area (Å²) in [7, 11) is 0. The maximum atomic E-state index is 13.0. The summed E-state index contributed by atoms with van der Waals surface area (Å²) in [5.74, 6) is -0.593. The van der Waals surface area contributed by atoms with Crippen molar-refractivity contribution in [1.29, 1.82) is 0 Å². The lowest BCUT2D eigenvalue weighted by atomic mass is 10.1. The fourth-order valence-electron chi connectivity index (χ4n) is 3.38. The second-order valence-corrected chi connectivity index (χ2v) is 7.51. The largest absolute Gasteiger partial charge is 0.416 e. The molecular formula is C25H20F3N3O. The van der Waals surface area contributed by atoms with Gasteiger partial charge in [0.1, 0.15) is 0 Å². The average molecular weight is 435 g/mol. The third kappa shape index (κ3) is 4.42. The van der Waals surface area contributed by atoms with Crippen LogP contribution in [0.3, 0.4) is 0 Å². The molecule has 4 nitrogen and oxygen atoms in total. The number of carbonyl (C=O) groups excluding carboxylic acids is 1. The van der Waals surface area contributed by atoms with Gasteiger partial charge in [-0.15, -0.1) is 0 Å². The molecular weight excluding hydrogens is 415 g/mol. The molecule has 1 N–H and O–H groups in total. The van der Waals surface area contributed by atoms with Gasteiger partial charge in [0.15, 0.2) is 5.69 Å². The molecule has 3 aromatic carbocycles. The zero-order chi connectivity index (χ0) is 22.9. The van der Waals surface area contributed by atoms with Crippen LogP contribution in [0.25, 0.3) is 16.9 Å². The standard InChI is InChI=1S/C25H20F3N3O/c1-16-10-12-18(13-11-16)23-15-21(30-31(23)22-9-4-3-6-17(22)2)24(32)29-20-8-5-7-19(14-20)25(26,27)28/h3-15H,1-2H3,(H,29,32). The van der Waals surface area contributed by atoms with Gasteiger partial charge < -0.3 is 5.32 Å². The van der Waals surface area contributed by atoms with E-state index < -0.39 is 17.6 Å². The van der Waals surface area contributed by atoms with Gasteiger partial charge in [0.2, 0.25) is 0 Å². The Morgan fingerprint density at radius 2 is 1.62 bits per heavy atom. The summed E-state index contributed by atoms with van der Waals surface area (Å²) in [6.45, 7) is 3.93. The fourth-order valence-corrected chi connectivity index (χ4v) is 3.38. The number of aromatic nitrogens is 2. The molecule has 162 valence electrons. The first-order chi connectivity index (χ1) is 15.2. The van der Waals surface area contributed by atoms with Gasteiger partial charge in [0.05, 0.1) is 16.9 Å². The number of rotatable bonds is 4. The molecule has 4 aromatic rings. The summed E-state index contributed by atoms with van der Waals surface area (Å²) in [5.41, 5.74) is 3.75. The monoisotopic (exact) mass is 435 g/mol. The number of nitrogens with one attached hydrogen (secondary N) is 1. The van der Waals surface area contributed by atoms with E-state index in [4.69, 9.17) is 0 Å². The number of halogens is 3. The maximum absolute atomic E-state index is 13.0. The highest BCUT2D eigenvalue weighted by atomic mass is 19.4. The smallest absolute Gasteiger partial charge is 0.321 e. The van der Waals surface area contributed by atoms with E-state index in [0.29, 0.717) is 5.69 Å². The van der Waals surface area contributed by atoms with E-state index in [1.54, 1.807) is 10.7 Å². The second kappa shape index (κ2) is 8.34. The summed E-state index contributed by atoms with van der Waals surface area (Å²) in [6, 6.07) is 21.6. The quantitative estimate of drug-likeness (QED) is 0.402.